The Bertz CT molecular complexity index is 815. The summed E-state index contributed by atoms with van der Waals surface area (Å²) < 4.78 is 32.1. The molecule has 9 heteroatoms. The van der Waals surface area contributed by atoms with Crippen LogP contribution in [0.3, 0.4) is 0 Å². The fourth-order valence-corrected chi connectivity index (χ4v) is 4.52. The maximum atomic E-state index is 13.0. The summed E-state index contributed by atoms with van der Waals surface area (Å²) in [5, 5.41) is 6.84. The van der Waals surface area contributed by atoms with Crippen LogP contribution in [0.15, 0.2) is 12.1 Å². The molecule has 1 saturated heterocycles. The van der Waals surface area contributed by atoms with Crippen molar-refractivity contribution in [2.24, 2.45) is 0 Å². The molecular formula is C19H26F2N4O2S. The lowest BCUT2D eigenvalue weighted by atomic mass is 10.1. The molecule has 1 amide bonds. The Labute approximate surface area is 167 Å². The van der Waals surface area contributed by atoms with E-state index in [1.165, 1.54) is 9.75 Å². The van der Waals surface area contributed by atoms with E-state index < -0.39 is 6.55 Å². The molecular weight excluding hydrogens is 386 g/mol. The number of nitrogens with zero attached hydrogens (tertiary/aromatic N) is 3. The second kappa shape index (κ2) is 9.11. The maximum absolute atomic E-state index is 13.0. The van der Waals surface area contributed by atoms with Crippen LogP contribution in [0.2, 0.25) is 0 Å². The predicted octanol–water partition coefficient (Wildman–Crippen LogP) is 3.00. The average molecular weight is 413 g/mol. The first-order chi connectivity index (χ1) is 13.4. The molecule has 0 saturated carbocycles. The van der Waals surface area contributed by atoms with Crippen LogP contribution in [0.25, 0.3) is 0 Å². The number of alkyl halides is 2. The van der Waals surface area contributed by atoms with Gasteiger partial charge in [0.15, 0.2) is 0 Å². The highest BCUT2D eigenvalue weighted by atomic mass is 32.1. The van der Waals surface area contributed by atoms with Crippen LogP contribution in [-0.2, 0) is 16.0 Å². The molecule has 28 heavy (non-hydrogen) atoms. The van der Waals surface area contributed by atoms with Crippen molar-refractivity contribution in [3.63, 3.8) is 0 Å². The zero-order valence-corrected chi connectivity index (χ0v) is 17.2. The lowest BCUT2D eigenvalue weighted by Crippen LogP contribution is -2.43. The highest BCUT2D eigenvalue weighted by Gasteiger charge is 2.25. The van der Waals surface area contributed by atoms with Crippen molar-refractivity contribution in [3.05, 3.63) is 38.8 Å². The number of hydrogen-bond donors (Lipinski definition) is 1. The van der Waals surface area contributed by atoms with Crippen LogP contribution in [-0.4, -0.2) is 53.4 Å². The number of carbonyl (C=O) groups is 1. The molecule has 3 heterocycles. The van der Waals surface area contributed by atoms with Crippen molar-refractivity contribution in [1.82, 2.24) is 20.0 Å². The molecule has 0 radical (unpaired) electrons. The molecule has 1 fully saturated rings. The topological polar surface area (TPSA) is 59.4 Å². The fourth-order valence-electron chi connectivity index (χ4n) is 3.51. The van der Waals surface area contributed by atoms with Gasteiger partial charge in [-0.1, -0.05) is 0 Å². The van der Waals surface area contributed by atoms with Gasteiger partial charge in [-0.3, -0.25) is 9.69 Å². The third-order valence-electron chi connectivity index (χ3n) is 5.07. The Morgan fingerprint density at radius 1 is 1.29 bits per heavy atom. The quantitative estimate of drug-likeness (QED) is 0.760. The van der Waals surface area contributed by atoms with Crippen LogP contribution in [0.5, 0.6) is 0 Å². The first kappa shape index (κ1) is 20.9. The van der Waals surface area contributed by atoms with Crippen molar-refractivity contribution < 1.29 is 18.3 Å². The zero-order valence-electron chi connectivity index (χ0n) is 16.4. The van der Waals surface area contributed by atoms with Crippen molar-refractivity contribution in [1.29, 1.82) is 0 Å². The van der Waals surface area contributed by atoms with Gasteiger partial charge in [0.1, 0.15) is 0 Å². The Hall–Kier alpha value is -1.84. The van der Waals surface area contributed by atoms with Crippen molar-refractivity contribution in [2.75, 3.05) is 32.8 Å². The number of amides is 1. The lowest BCUT2D eigenvalue weighted by molar-refractivity contribution is -0.120. The number of nitrogens with one attached hydrogen (secondary N) is 1. The molecule has 154 valence electrons. The zero-order chi connectivity index (χ0) is 20.3. The van der Waals surface area contributed by atoms with Gasteiger partial charge in [-0.15, -0.1) is 11.3 Å². The molecule has 1 aliphatic rings. The van der Waals surface area contributed by atoms with Crippen LogP contribution >= 0.6 is 11.3 Å². The molecule has 1 N–H and O–H groups in total. The summed E-state index contributed by atoms with van der Waals surface area (Å²) in [6.07, 6.45) is 0.0453. The minimum Gasteiger partial charge on any atom is -0.379 e. The summed E-state index contributed by atoms with van der Waals surface area (Å²) in [6, 6.07) is 4.27. The van der Waals surface area contributed by atoms with E-state index in [1.807, 2.05) is 0 Å². The van der Waals surface area contributed by atoms with Gasteiger partial charge >= 0.3 is 6.55 Å². The van der Waals surface area contributed by atoms with Gasteiger partial charge in [-0.05, 0) is 32.9 Å². The lowest BCUT2D eigenvalue weighted by Gasteiger charge is -2.34. The Kier molecular flexibility index (Phi) is 6.79. The Balaban J connectivity index is 1.67. The van der Waals surface area contributed by atoms with E-state index in [0.29, 0.717) is 41.4 Å². The van der Waals surface area contributed by atoms with Gasteiger partial charge < -0.3 is 10.1 Å². The summed E-state index contributed by atoms with van der Waals surface area (Å²) in [7, 11) is 0. The number of carbonyl (C=O) groups excluding carboxylic acids is 1. The standard InChI is InChI=1S/C19H26F2N4O2S/c1-12-4-5-17(28-12)16(24-6-8-27-9-7-24)11-22-18(26)10-15-13(2)23-25(14(15)3)19(20)21/h4-5,16,19H,6-11H2,1-3H3,(H,22,26)/t16-/m0/s1. The maximum Gasteiger partial charge on any atom is 0.333 e. The molecule has 0 aromatic carbocycles. The number of aryl methyl sites for hydroxylation is 2. The summed E-state index contributed by atoms with van der Waals surface area (Å²) in [4.78, 5) is 17.3. The van der Waals surface area contributed by atoms with Crippen LogP contribution in [0.4, 0.5) is 8.78 Å². The first-order valence-corrected chi connectivity index (χ1v) is 10.2. The molecule has 0 aliphatic carbocycles. The third kappa shape index (κ3) is 4.76. The van der Waals surface area contributed by atoms with E-state index >= 15 is 0 Å². The number of aromatic nitrogens is 2. The molecule has 3 rings (SSSR count). The Morgan fingerprint density at radius 2 is 2.00 bits per heavy atom. The summed E-state index contributed by atoms with van der Waals surface area (Å²) >= 11 is 1.73. The minimum absolute atomic E-state index is 0.0453. The number of rotatable bonds is 7. The minimum atomic E-state index is -2.71. The number of morpholine rings is 1. The van der Waals surface area contributed by atoms with Gasteiger partial charge in [0, 0.05) is 40.6 Å². The molecule has 0 unspecified atom stereocenters. The van der Waals surface area contributed by atoms with Crippen LogP contribution < -0.4 is 5.32 Å². The molecule has 2 aromatic heterocycles. The van der Waals surface area contributed by atoms with Gasteiger partial charge in [0.25, 0.3) is 0 Å². The third-order valence-corrected chi connectivity index (χ3v) is 6.17. The van der Waals surface area contributed by atoms with E-state index in [2.05, 4.69) is 34.4 Å². The number of thiophene rings is 1. The Morgan fingerprint density at radius 3 is 2.57 bits per heavy atom. The molecule has 2 aromatic rings. The van der Waals surface area contributed by atoms with Crippen molar-refractivity contribution >= 4 is 17.2 Å². The van der Waals surface area contributed by atoms with Crippen LogP contribution in [0, 0.1) is 20.8 Å². The normalized spacial score (nSPS) is 16.5. The van der Waals surface area contributed by atoms with Gasteiger partial charge in [-0.2, -0.15) is 13.9 Å². The summed E-state index contributed by atoms with van der Waals surface area (Å²) in [5.41, 5.74) is 1.36. The number of hydrogen-bond acceptors (Lipinski definition) is 5. The van der Waals surface area contributed by atoms with Crippen molar-refractivity contribution in [2.45, 2.75) is 39.8 Å². The van der Waals surface area contributed by atoms with E-state index in [9.17, 15) is 13.6 Å². The average Bonchev–Trinajstić information content (AvgIpc) is 3.21. The molecule has 1 atom stereocenters. The first-order valence-electron chi connectivity index (χ1n) is 9.34. The second-order valence-electron chi connectivity index (χ2n) is 6.97. The van der Waals surface area contributed by atoms with Gasteiger partial charge in [0.2, 0.25) is 5.91 Å². The van der Waals surface area contributed by atoms with Gasteiger partial charge in [0.05, 0.1) is 31.4 Å². The highest BCUT2D eigenvalue weighted by molar-refractivity contribution is 7.12. The number of halogens is 2. The summed E-state index contributed by atoms with van der Waals surface area (Å²) in [5.74, 6) is -0.188. The molecule has 1 aliphatic heterocycles. The van der Waals surface area contributed by atoms with Gasteiger partial charge in [-0.25, -0.2) is 4.68 Å². The fraction of sp³-hybridized carbons (Fsp3) is 0.579. The largest absolute Gasteiger partial charge is 0.379 e. The number of ether oxygens (including phenoxy) is 1. The van der Waals surface area contributed by atoms with E-state index in [-0.39, 0.29) is 18.4 Å². The molecule has 0 bridgehead atoms. The van der Waals surface area contributed by atoms with E-state index in [4.69, 9.17) is 4.74 Å². The predicted molar refractivity (Wildman–Crippen MR) is 104 cm³/mol. The molecule has 6 nitrogen and oxygen atoms in total. The smallest absolute Gasteiger partial charge is 0.333 e. The molecule has 0 spiro atoms. The van der Waals surface area contributed by atoms with Crippen LogP contribution in [0.1, 0.15) is 39.3 Å². The van der Waals surface area contributed by atoms with E-state index in [1.54, 1.807) is 25.2 Å². The highest BCUT2D eigenvalue weighted by Crippen LogP contribution is 2.28. The van der Waals surface area contributed by atoms with E-state index in [0.717, 1.165) is 13.1 Å². The monoisotopic (exact) mass is 412 g/mol. The van der Waals surface area contributed by atoms with Crippen molar-refractivity contribution in [3.8, 4) is 0 Å². The second-order valence-corrected chi connectivity index (χ2v) is 8.28. The SMILES string of the molecule is Cc1ccc([C@H](CNC(=O)Cc2c(C)nn(C(F)F)c2C)N2CCOCC2)s1. The summed E-state index contributed by atoms with van der Waals surface area (Å²) in [6.45, 7) is 6.05.